The van der Waals surface area contributed by atoms with Crippen LogP contribution in [0.2, 0.25) is 0 Å². The summed E-state index contributed by atoms with van der Waals surface area (Å²) in [5.74, 6) is -0.427. The summed E-state index contributed by atoms with van der Waals surface area (Å²) in [4.78, 5) is 12.6. The first kappa shape index (κ1) is 21.2. The molecule has 0 atom stereocenters. The Morgan fingerprint density at radius 2 is 1.71 bits per heavy atom. The highest BCUT2D eigenvalue weighted by Gasteiger charge is 2.23. The van der Waals surface area contributed by atoms with E-state index in [2.05, 4.69) is 9.82 Å². The van der Waals surface area contributed by atoms with E-state index in [-0.39, 0.29) is 10.5 Å². The Balaban J connectivity index is 1.81. The van der Waals surface area contributed by atoms with Crippen molar-refractivity contribution in [3.8, 4) is 11.3 Å². The number of aryl methyl sites for hydroxylation is 3. The number of halogens is 1. The molecule has 3 aromatic rings. The van der Waals surface area contributed by atoms with Crippen LogP contribution in [0.3, 0.4) is 0 Å². The lowest BCUT2D eigenvalue weighted by molar-refractivity contribution is 0.600. The lowest BCUT2D eigenvalue weighted by Crippen LogP contribution is -2.28. The van der Waals surface area contributed by atoms with Gasteiger partial charge in [-0.25, -0.2) is 17.5 Å². The van der Waals surface area contributed by atoms with E-state index < -0.39 is 15.8 Å². The predicted octanol–water partition coefficient (Wildman–Crippen LogP) is 3.88. The molecule has 0 fully saturated rings. The van der Waals surface area contributed by atoms with E-state index in [9.17, 15) is 17.6 Å². The van der Waals surface area contributed by atoms with Crippen LogP contribution in [0, 0.1) is 19.7 Å². The molecule has 1 aromatic heterocycles. The van der Waals surface area contributed by atoms with E-state index in [1.54, 1.807) is 33.0 Å². The van der Waals surface area contributed by atoms with Crippen molar-refractivity contribution in [3.05, 3.63) is 74.8 Å². The maximum absolute atomic E-state index is 13.4. The highest BCUT2D eigenvalue weighted by molar-refractivity contribution is 7.92. The van der Waals surface area contributed by atoms with Gasteiger partial charge in [-0.1, -0.05) is 12.1 Å². The number of fused-ring (bicyclic) bond motifs is 1. The van der Waals surface area contributed by atoms with Crippen molar-refractivity contribution in [1.29, 1.82) is 0 Å². The summed E-state index contributed by atoms with van der Waals surface area (Å²) in [5.41, 5.74) is 4.27. The highest BCUT2D eigenvalue weighted by atomic mass is 32.2. The van der Waals surface area contributed by atoms with Gasteiger partial charge in [-0.3, -0.25) is 9.52 Å². The largest absolute Gasteiger partial charge is 0.279 e. The van der Waals surface area contributed by atoms with E-state index in [4.69, 9.17) is 0 Å². The number of sulfonamides is 1. The summed E-state index contributed by atoms with van der Waals surface area (Å²) in [6.07, 6.45) is 3.38. The van der Waals surface area contributed by atoms with Crippen LogP contribution in [0.25, 0.3) is 11.3 Å². The summed E-state index contributed by atoms with van der Waals surface area (Å²) < 4.78 is 43.6. The summed E-state index contributed by atoms with van der Waals surface area (Å²) >= 11 is 0. The zero-order chi connectivity index (χ0) is 22.3. The number of nitrogens with one attached hydrogen (secondary N) is 1. The van der Waals surface area contributed by atoms with E-state index in [1.807, 2.05) is 6.07 Å². The molecule has 4 rings (SSSR count). The fourth-order valence-electron chi connectivity index (χ4n) is 4.06. The van der Waals surface area contributed by atoms with Crippen LogP contribution in [-0.2, 0) is 29.9 Å². The number of nitrogens with zero attached hydrogens (tertiary/aromatic N) is 2. The first-order valence-electron chi connectivity index (χ1n) is 10.2. The molecule has 0 amide bonds. The summed E-state index contributed by atoms with van der Waals surface area (Å²) in [6, 6.07) is 9.07. The fraction of sp³-hybridized carbons (Fsp3) is 0.304. The molecule has 0 saturated heterocycles. The lowest BCUT2D eigenvalue weighted by atomic mass is 9.89. The fourth-order valence-corrected chi connectivity index (χ4v) is 5.47. The molecule has 2 aromatic carbocycles. The second-order valence-corrected chi connectivity index (χ2v) is 9.64. The molecule has 162 valence electrons. The molecular weight excluding hydrogens is 417 g/mol. The molecule has 0 radical (unpaired) electrons. The molecular formula is C23H24FN3O3S. The zero-order valence-electron chi connectivity index (χ0n) is 17.7. The Bertz CT molecular complexity index is 1350. The smallest absolute Gasteiger partial charge is 0.269 e. The maximum atomic E-state index is 13.4. The molecule has 0 spiro atoms. The molecule has 1 N–H and O–H groups in total. The van der Waals surface area contributed by atoms with E-state index in [0.29, 0.717) is 34.5 Å². The van der Waals surface area contributed by atoms with Gasteiger partial charge in [0.2, 0.25) is 0 Å². The Morgan fingerprint density at radius 1 is 1.00 bits per heavy atom. The molecule has 6 nitrogen and oxygen atoms in total. The van der Waals surface area contributed by atoms with E-state index in [1.165, 1.54) is 22.9 Å². The van der Waals surface area contributed by atoms with Crippen molar-refractivity contribution in [2.75, 3.05) is 4.72 Å². The SMILES string of the molecule is Cc1cc(F)ccc1NS(=O)(=O)c1cc(-c2nn(C)c(=O)c3c2CCCC3)ccc1C. The topological polar surface area (TPSA) is 81.1 Å². The minimum Gasteiger partial charge on any atom is -0.279 e. The molecule has 1 aliphatic rings. The van der Waals surface area contributed by atoms with Crippen molar-refractivity contribution in [2.45, 2.75) is 44.4 Å². The third kappa shape index (κ3) is 3.99. The van der Waals surface area contributed by atoms with Gasteiger partial charge in [-0.15, -0.1) is 0 Å². The zero-order valence-corrected chi connectivity index (χ0v) is 18.5. The van der Waals surface area contributed by atoms with Gasteiger partial charge in [0.05, 0.1) is 16.3 Å². The first-order chi connectivity index (χ1) is 14.7. The Morgan fingerprint density at radius 3 is 2.42 bits per heavy atom. The monoisotopic (exact) mass is 441 g/mol. The number of aromatic nitrogens is 2. The predicted molar refractivity (Wildman–Crippen MR) is 118 cm³/mol. The molecule has 8 heteroatoms. The van der Waals surface area contributed by atoms with Gasteiger partial charge in [0.15, 0.2) is 0 Å². The van der Waals surface area contributed by atoms with Crippen LogP contribution in [0.4, 0.5) is 10.1 Å². The third-order valence-electron chi connectivity index (χ3n) is 5.74. The summed E-state index contributed by atoms with van der Waals surface area (Å²) in [5, 5.41) is 4.46. The van der Waals surface area contributed by atoms with Crippen LogP contribution in [-0.4, -0.2) is 18.2 Å². The highest BCUT2D eigenvalue weighted by Crippen LogP contribution is 2.31. The molecule has 1 heterocycles. The second-order valence-electron chi connectivity index (χ2n) is 7.99. The summed E-state index contributed by atoms with van der Waals surface area (Å²) in [6.45, 7) is 3.37. The van der Waals surface area contributed by atoms with Crippen molar-refractivity contribution in [3.63, 3.8) is 0 Å². The van der Waals surface area contributed by atoms with Crippen LogP contribution < -0.4 is 10.3 Å². The number of hydrogen-bond acceptors (Lipinski definition) is 4. The Labute approximate surface area is 180 Å². The van der Waals surface area contributed by atoms with Gasteiger partial charge in [0, 0.05) is 18.2 Å². The molecule has 0 bridgehead atoms. The number of hydrogen-bond donors (Lipinski definition) is 1. The van der Waals surface area contributed by atoms with Gasteiger partial charge in [0.1, 0.15) is 5.82 Å². The minimum absolute atomic E-state index is 0.0909. The van der Waals surface area contributed by atoms with E-state index in [0.717, 1.165) is 30.4 Å². The molecule has 0 unspecified atom stereocenters. The van der Waals surface area contributed by atoms with Crippen LogP contribution >= 0.6 is 0 Å². The van der Waals surface area contributed by atoms with Crippen LogP contribution in [0.15, 0.2) is 46.1 Å². The van der Waals surface area contributed by atoms with Gasteiger partial charge >= 0.3 is 0 Å². The maximum Gasteiger partial charge on any atom is 0.269 e. The third-order valence-corrected chi connectivity index (χ3v) is 7.25. The number of rotatable bonds is 4. The molecule has 1 aliphatic carbocycles. The average molecular weight is 442 g/mol. The Kier molecular flexibility index (Phi) is 5.43. The quantitative estimate of drug-likeness (QED) is 0.666. The standard InChI is InChI=1S/C23H24FN3O3S/c1-14-8-9-16(22-18-6-4-5-7-19(18)23(28)27(3)25-22)13-21(14)31(29,30)26-20-11-10-17(24)12-15(20)2/h8-13,26H,4-7H2,1-3H3. The number of anilines is 1. The number of benzene rings is 2. The minimum atomic E-state index is -3.92. The van der Waals surface area contributed by atoms with Crippen molar-refractivity contribution >= 4 is 15.7 Å². The van der Waals surface area contributed by atoms with Crippen molar-refractivity contribution in [1.82, 2.24) is 9.78 Å². The normalized spacial score (nSPS) is 13.7. The Hall–Kier alpha value is -3.00. The van der Waals surface area contributed by atoms with Gasteiger partial charge in [-0.05, 0) is 80.5 Å². The lowest BCUT2D eigenvalue weighted by Gasteiger charge is -2.20. The van der Waals surface area contributed by atoms with Crippen molar-refractivity contribution < 1.29 is 12.8 Å². The van der Waals surface area contributed by atoms with Crippen LogP contribution in [0.1, 0.15) is 35.1 Å². The molecule has 0 aliphatic heterocycles. The van der Waals surface area contributed by atoms with Crippen LogP contribution in [0.5, 0.6) is 0 Å². The first-order valence-corrected chi connectivity index (χ1v) is 11.6. The second kappa shape index (κ2) is 7.92. The van der Waals surface area contributed by atoms with Gasteiger partial charge in [0.25, 0.3) is 15.6 Å². The van der Waals surface area contributed by atoms with Crippen molar-refractivity contribution in [2.24, 2.45) is 7.05 Å². The summed E-state index contributed by atoms with van der Waals surface area (Å²) in [7, 11) is -2.30. The van der Waals surface area contributed by atoms with Gasteiger partial charge < -0.3 is 0 Å². The molecule has 31 heavy (non-hydrogen) atoms. The molecule has 0 saturated carbocycles. The van der Waals surface area contributed by atoms with E-state index >= 15 is 0 Å². The van der Waals surface area contributed by atoms with Gasteiger partial charge in [-0.2, -0.15) is 5.10 Å². The average Bonchev–Trinajstić information content (AvgIpc) is 2.73.